The molecule has 0 aromatic rings. The van der Waals surface area contributed by atoms with Crippen molar-refractivity contribution in [3.8, 4) is 0 Å². The lowest BCUT2D eigenvalue weighted by Crippen LogP contribution is -2.50. The number of aliphatic hydroxyl groups is 3. The van der Waals surface area contributed by atoms with E-state index in [1.54, 1.807) is 13.0 Å². The monoisotopic (exact) mass is 486 g/mol. The van der Waals surface area contributed by atoms with Crippen LogP contribution in [0.5, 0.6) is 0 Å². The summed E-state index contributed by atoms with van der Waals surface area (Å²) in [5.41, 5.74) is 2.44. The molecule has 6 nitrogen and oxygen atoms in total. The highest BCUT2D eigenvalue weighted by Gasteiger charge is 2.51. The second-order valence-corrected chi connectivity index (χ2v) is 11.8. The third-order valence-corrected chi connectivity index (χ3v) is 8.66. The highest BCUT2D eigenvalue weighted by atomic mass is 16.6. The van der Waals surface area contributed by atoms with Crippen molar-refractivity contribution >= 4 is 5.78 Å². The molecule has 3 aliphatic heterocycles. The zero-order chi connectivity index (χ0) is 25.8. The summed E-state index contributed by atoms with van der Waals surface area (Å²) in [5.74, 6) is -2.16. The van der Waals surface area contributed by atoms with E-state index in [2.05, 4.69) is 26.8 Å². The fraction of sp³-hybridized carbons (Fsp3) is 0.690. The zero-order valence-corrected chi connectivity index (χ0v) is 22.2. The summed E-state index contributed by atoms with van der Waals surface area (Å²) in [7, 11) is 0. The fourth-order valence-corrected chi connectivity index (χ4v) is 6.51. The summed E-state index contributed by atoms with van der Waals surface area (Å²) in [4.78, 5) is 13.0. The molecule has 0 aromatic carbocycles. The van der Waals surface area contributed by atoms with Gasteiger partial charge in [0.1, 0.15) is 5.76 Å². The van der Waals surface area contributed by atoms with Gasteiger partial charge < -0.3 is 24.8 Å². The normalized spacial score (nSPS) is 44.5. The number of hydrogen-bond donors (Lipinski definition) is 3. The minimum Gasteiger partial charge on any atom is -0.504 e. The van der Waals surface area contributed by atoms with Crippen LogP contribution in [0.4, 0.5) is 0 Å². The average Bonchev–Trinajstić information content (AvgIpc) is 3.14. The van der Waals surface area contributed by atoms with E-state index in [4.69, 9.17) is 9.47 Å². The van der Waals surface area contributed by atoms with Crippen LogP contribution in [-0.4, -0.2) is 45.2 Å². The molecule has 4 aliphatic rings. The summed E-state index contributed by atoms with van der Waals surface area (Å²) in [6, 6.07) is 0. The maximum Gasteiger partial charge on any atom is 0.231 e. The Bertz CT molecular complexity index is 1000. The summed E-state index contributed by atoms with van der Waals surface area (Å²) in [5, 5.41) is 33.8. The quantitative estimate of drug-likeness (QED) is 0.411. The largest absolute Gasteiger partial charge is 0.504 e. The van der Waals surface area contributed by atoms with Crippen molar-refractivity contribution in [2.75, 3.05) is 0 Å². The first-order chi connectivity index (χ1) is 16.3. The molecule has 3 heterocycles. The van der Waals surface area contributed by atoms with Crippen LogP contribution in [0.15, 0.2) is 46.0 Å². The van der Waals surface area contributed by atoms with Gasteiger partial charge in [-0.25, -0.2) is 0 Å². The number of Topliss-reactive ketones (excluding diaryl/α,β-unsaturated/α-hetero) is 1. The lowest BCUT2D eigenvalue weighted by Gasteiger charge is -2.44. The van der Waals surface area contributed by atoms with E-state index in [1.165, 1.54) is 5.57 Å². The standard InChI is InChI=1S/C29H42O6/c1-14-8-9-22-18(5)24(30)19(6)28(34-22)23-21-13-29(33,17(4)12-16(3)11-15(2)10-14)35-27(21)20(7)25(31)26(23)32/h10,13-14,16-19,22,24,28,30,32-33H,8-9,11-12H2,1-7H3/b15-10+/t14-,16+,17-,18-,19?,22+,24-,28+,29+/m0/s1. The van der Waals surface area contributed by atoms with Crippen LogP contribution in [0.25, 0.3) is 0 Å². The fourth-order valence-electron chi connectivity index (χ4n) is 6.51. The third-order valence-electron chi connectivity index (χ3n) is 8.66. The van der Waals surface area contributed by atoms with Crippen LogP contribution >= 0.6 is 0 Å². The Morgan fingerprint density at radius 2 is 1.74 bits per heavy atom. The van der Waals surface area contributed by atoms with Crippen molar-refractivity contribution in [2.24, 2.45) is 29.6 Å². The van der Waals surface area contributed by atoms with Gasteiger partial charge in [0.2, 0.25) is 11.6 Å². The van der Waals surface area contributed by atoms with E-state index in [0.717, 1.165) is 25.7 Å². The minimum atomic E-state index is -1.60. The van der Waals surface area contributed by atoms with Crippen molar-refractivity contribution in [1.82, 2.24) is 0 Å². The predicted octanol–water partition coefficient (Wildman–Crippen LogP) is 5.13. The molecule has 0 spiro atoms. The van der Waals surface area contributed by atoms with E-state index in [-0.39, 0.29) is 35.2 Å². The second-order valence-electron chi connectivity index (χ2n) is 11.8. The van der Waals surface area contributed by atoms with E-state index in [1.807, 2.05) is 20.8 Å². The molecule has 35 heavy (non-hydrogen) atoms. The van der Waals surface area contributed by atoms with Crippen LogP contribution in [0.1, 0.15) is 74.1 Å². The van der Waals surface area contributed by atoms with Gasteiger partial charge in [0, 0.05) is 34.5 Å². The number of aliphatic hydroxyl groups excluding tert-OH is 2. The molecule has 9 atom stereocenters. The number of allylic oxidation sites excluding steroid dienone is 4. The smallest absolute Gasteiger partial charge is 0.231 e. The predicted molar refractivity (Wildman–Crippen MR) is 134 cm³/mol. The lowest BCUT2D eigenvalue weighted by molar-refractivity contribution is -0.164. The molecule has 1 aliphatic carbocycles. The SMILES string of the molecule is CC1=C2O[C@]3(O)C=C2C(=C(O)C1=O)[C@@H]1O[C@H](CC[C@H](C)/C=C(\C)C[C@@H](C)C[C@@H]3C)[C@H](C)[C@H](O)C1C. The van der Waals surface area contributed by atoms with E-state index < -0.39 is 23.8 Å². The van der Waals surface area contributed by atoms with Crippen molar-refractivity contribution in [2.45, 2.75) is 98.2 Å². The Balaban J connectivity index is 1.83. The first-order valence-electron chi connectivity index (χ1n) is 13.2. The van der Waals surface area contributed by atoms with Gasteiger partial charge >= 0.3 is 0 Å². The molecule has 1 unspecified atom stereocenters. The lowest BCUT2D eigenvalue weighted by atomic mass is 9.75. The molecule has 6 heteroatoms. The maximum absolute atomic E-state index is 13.0. The van der Waals surface area contributed by atoms with Gasteiger partial charge in [-0.15, -0.1) is 0 Å². The molecule has 0 radical (unpaired) electrons. The highest BCUT2D eigenvalue weighted by molar-refractivity contribution is 6.10. The molecule has 1 saturated heterocycles. The Morgan fingerprint density at radius 1 is 1.06 bits per heavy atom. The van der Waals surface area contributed by atoms with E-state index in [0.29, 0.717) is 28.7 Å². The van der Waals surface area contributed by atoms with Crippen LogP contribution in [0.2, 0.25) is 0 Å². The van der Waals surface area contributed by atoms with Gasteiger partial charge in [-0.05, 0) is 57.4 Å². The number of hydrogen-bond acceptors (Lipinski definition) is 6. The summed E-state index contributed by atoms with van der Waals surface area (Å²) >= 11 is 0. The molecule has 1 fully saturated rings. The topological polar surface area (TPSA) is 96.2 Å². The molecular formula is C29H42O6. The van der Waals surface area contributed by atoms with Crippen LogP contribution < -0.4 is 0 Å². The molecule has 0 saturated carbocycles. The highest BCUT2D eigenvalue weighted by Crippen LogP contribution is 2.49. The molecule has 4 bridgehead atoms. The number of ketones is 1. The second kappa shape index (κ2) is 9.53. The van der Waals surface area contributed by atoms with Crippen molar-refractivity contribution < 1.29 is 29.6 Å². The van der Waals surface area contributed by atoms with Crippen LogP contribution in [-0.2, 0) is 14.3 Å². The van der Waals surface area contributed by atoms with Crippen LogP contribution in [0.3, 0.4) is 0 Å². The number of carbonyl (C=O) groups excluding carboxylic acids is 1. The zero-order valence-electron chi connectivity index (χ0n) is 22.2. The van der Waals surface area contributed by atoms with Gasteiger partial charge in [0.25, 0.3) is 0 Å². The van der Waals surface area contributed by atoms with Crippen LogP contribution in [0, 0.1) is 29.6 Å². The Morgan fingerprint density at radius 3 is 2.43 bits per heavy atom. The number of fused-ring (bicyclic) bond motifs is 4. The molecule has 3 N–H and O–H groups in total. The molecular weight excluding hydrogens is 444 g/mol. The Kier molecular flexibility index (Phi) is 7.13. The Labute approximate surface area is 209 Å². The number of ether oxygens (including phenoxy) is 2. The van der Waals surface area contributed by atoms with Gasteiger partial charge in [0.05, 0.1) is 18.3 Å². The van der Waals surface area contributed by atoms with Crippen molar-refractivity contribution in [3.05, 3.63) is 46.0 Å². The number of carbonyl (C=O) groups is 1. The third kappa shape index (κ3) is 4.65. The summed E-state index contributed by atoms with van der Waals surface area (Å²) in [6.45, 7) is 14.0. The van der Waals surface area contributed by atoms with E-state index >= 15 is 0 Å². The Hall–Kier alpha value is -1.89. The maximum atomic E-state index is 13.0. The summed E-state index contributed by atoms with van der Waals surface area (Å²) in [6.07, 6.45) is 5.76. The van der Waals surface area contributed by atoms with Gasteiger partial charge in [-0.2, -0.15) is 0 Å². The van der Waals surface area contributed by atoms with Gasteiger partial charge in [-0.1, -0.05) is 46.3 Å². The molecule has 0 amide bonds. The van der Waals surface area contributed by atoms with Gasteiger partial charge in [0.15, 0.2) is 5.76 Å². The van der Waals surface area contributed by atoms with Gasteiger partial charge in [-0.3, -0.25) is 4.79 Å². The van der Waals surface area contributed by atoms with E-state index in [9.17, 15) is 20.1 Å². The average molecular weight is 487 g/mol. The summed E-state index contributed by atoms with van der Waals surface area (Å²) < 4.78 is 12.7. The van der Waals surface area contributed by atoms with Crippen molar-refractivity contribution in [1.29, 1.82) is 0 Å². The van der Waals surface area contributed by atoms with Crippen molar-refractivity contribution in [3.63, 3.8) is 0 Å². The first-order valence-corrected chi connectivity index (χ1v) is 13.2. The number of rotatable bonds is 0. The molecule has 4 rings (SSSR count). The molecule has 194 valence electrons. The minimum absolute atomic E-state index is 0.0815. The first kappa shape index (κ1) is 26.2. The molecule has 0 aromatic heterocycles.